The minimum absolute atomic E-state index is 0.203. The molecule has 0 aliphatic heterocycles. The number of anilines is 1. The van der Waals surface area contributed by atoms with Gasteiger partial charge in [0.25, 0.3) is 0 Å². The average molecular weight is 324 g/mol. The van der Waals surface area contributed by atoms with Gasteiger partial charge in [-0.25, -0.2) is 4.79 Å². The van der Waals surface area contributed by atoms with Crippen LogP contribution in [-0.2, 0) is 17.9 Å². The highest BCUT2D eigenvalue weighted by atomic mass is 79.9. The molecule has 6 heteroatoms. The van der Waals surface area contributed by atoms with Crippen molar-refractivity contribution in [2.45, 2.75) is 20.1 Å². The smallest absolute Gasteiger partial charge is 0.338 e. The molecule has 2 rings (SSSR count). The molecule has 0 amide bonds. The standard InChI is InChI=1S/C13H14BrN3O2/c1-2-17-7-9(6-16-17)8-19-13(18)10-3-4-11(14)12(15)5-10/h3-7H,2,8,15H2,1H3. The minimum atomic E-state index is -0.400. The Bertz CT molecular complexity index is 595. The van der Waals surface area contributed by atoms with Crippen molar-refractivity contribution in [1.29, 1.82) is 0 Å². The van der Waals surface area contributed by atoms with Gasteiger partial charge in [-0.1, -0.05) is 0 Å². The fraction of sp³-hybridized carbons (Fsp3) is 0.231. The highest BCUT2D eigenvalue weighted by Gasteiger charge is 2.09. The molecule has 0 bridgehead atoms. The number of esters is 1. The molecule has 5 nitrogen and oxygen atoms in total. The number of nitrogen functional groups attached to an aromatic ring is 1. The number of nitrogens with two attached hydrogens (primary N) is 1. The summed E-state index contributed by atoms with van der Waals surface area (Å²) in [5.74, 6) is -0.400. The highest BCUT2D eigenvalue weighted by molar-refractivity contribution is 9.10. The van der Waals surface area contributed by atoms with E-state index in [9.17, 15) is 4.79 Å². The molecule has 0 saturated carbocycles. The van der Waals surface area contributed by atoms with Gasteiger partial charge in [-0.2, -0.15) is 5.10 Å². The quantitative estimate of drug-likeness (QED) is 0.693. The monoisotopic (exact) mass is 323 g/mol. The maximum Gasteiger partial charge on any atom is 0.338 e. The SMILES string of the molecule is CCn1cc(COC(=O)c2ccc(Br)c(N)c2)cn1. The van der Waals surface area contributed by atoms with Crippen molar-refractivity contribution in [3.8, 4) is 0 Å². The number of carbonyl (C=O) groups excluding carboxylic acids is 1. The van der Waals surface area contributed by atoms with Crippen molar-refractivity contribution in [2.75, 3.05) is 5.73 Å². The van der Waals surface area contributed by atoms with E-state index in [1.807, 2.05) is 13.1 Å². The number of hydrogen-bond donors (Lipinski definition) is 1. The molecule has 2 aromatic rings. The number of aryl methyl sites for hydroxylation is 1. The van der Waals surface area contributed by atoms with Crippen LogP contribution in [0.25, 0.3) is 0 Å². The van der Waals surface area contributed by atoms with Gasteiger partial charge in [0.2, 0.25) is 0 Å². The van der Waals surface area contributed by atoms with Crippen LogP contribution in [0, 0.1) is 0 Å². The molecule has 0 fully saturated rings. The predicted octanol–water partition coefficient (Wildman–Crippen LogP) is 2.60. The first-order valence-corrected chi connectivity index (χ1v) is 6.63. The minimum Gasteiger partial charge on any atom is -0.457 e. The van der Waals surface area contributed by atoms with E-state index in [1.54, 1.807) is 29.1 Å². The molecule has 0 aliphatic carbocycles. The van der Waals surface area contributed by atoms with E-state index in [0.717, 1.165) is 16.6 Å². The molecule has 0 unspecified atom stereocenters. The Morgan fingerprint density at radius 2 is 2.32 bits per heavy atom. The third-order valence-electron chi connectivity index (χ3n) is 2.61. The van der Waals surface area contributed by atoms with Crippen LogP contribution in [0.15, 0.2) is 35.1 Å². The van der Waals surface area contributed by atoms with Crippen molar-refractivity contribution in [2.24, 2.45) is 0 Å². The second kappa shape index (κ2) is 5.88. The van der Waals surface area contributed by atoms with E-state index in [4.69, 9.17) is 10.5 Å². The van der Waals surface area contributed by atoms with E-state index >= 15 is 0 Å². The lowest BCUT2D eigenvalue weighted by atomic mass is 10.2. The number of hydrogen-bond acceptors (Lipinski definition) is 4. The summed E-state index contributed by atoms with van der Waals surface area (Å²) in [5, 5.41) is 4.11. The zero-order valence-corrected chi connectivity index (χ0v) is 12.1. The first kappa shape index (κ1) is 13.6. The van der Waals surface area contributed by atoms with Crippen LogP contribution in [0.1, 0.15) is 22.8 Å². The highest BCUT2D eigenvalue weighted by Crippen LogP contribution is 2.20. The Labute approximate surface area is 119 Å². The molecule has 0 aliphatic rings. The van der Waals surface area contributed by atoms with Crippen molar-refractivity contribution >= 4 is 27.6 Å². The zero-order chi connectivity index (χ0) is 13.8. The summed E-state index contributed by atoms with van der Waals surface area (Å²) in [4.78, 5) is 11.8. The van der Waals surface area contributed by atoms with Crippen LogP contribution in [-0.4, -0.2) is 15.7 Å². The van der Waals surface area contributed by atoms with E-state index < -0.39 is 5.97 Å². The summed E-state index contributed by atoms with van der Waals surface area (Å²) >= 11 is 3.28. The lowest BCUT2D eigenvalue weighted by Gasteiger charge is -2.05. The number of aromatic nitrogens is 2. The Morgan fingerprint density at radius 1 is 1.53 bits per heavy atom. The van der Waals surface area contributed by atoms with E-state index in [2.05, 4.69) is 21.0 Å². The third-order valence-corrected chi connectivity index (χ3v) is 3.33. The Morgan fingerprint density at radius 3 is 2.95 bits per heavy atom. The number of carbonyl (C=O) groups is 1. The Balaban J connectivity index is 1.99. The summed E-state index contributed by atoms with van der Waals surface area (Å²) in [5.41, 5.74) is 7.52. The van der Waals surface area contributed by atoms with Gasteiger partial charge in [-0.05, 0) is 41.1 Å². The summed E-state index contributed by atoms with van der Waals surface area (Å²) in [6, 6.07) is 4.97. The molecule has 0 atom stereocenters. The Hall–Kier alpha value is -1.82. The normalized spacial score (nSPS) is 10.4. The number of rotatable bonds is 4. The molecule has 100 valence electrons. The van der Waals surface area contributed by atoms with Crippen LogP contribution in [0.3, 0.4) is 0 Å². The van der Waals surface area contributed by atoms with Crippen molar-refractivity contribution in [3.63, 3.8) is 0 Å². The van der Waals surface area contributed by atoms with E-state index in [-0.39, 0.29) is 6.61 Å². The molecule has 0 saturated heterocycles. The molecule has 1 aromatic heterocycles. The maximum absolute atomic E-state index is 11.8. The second-order valence-electron chi connectivity index (χ2n) is 4.02. The van der Waals surface area contributed by atoms with Crippen LogP contribution < -0.4 is 5.73 Å². The average Bonchev–Trinajstić information content (AvgIpc) is 2.87. The van der Waals surface area contributed by atoms with Gasteiger partial charge in [0, 0.05) is 28.5 Å². The van der Waals surface area contributed by atoms with Crippen LogP contribution in [0.5, 0.6) is 0 Å². The number of benzene rings is 1. The summed E-state index contributed by atoms with van der Waals surface area (Å²) in [7, 11) is 0. The molecule has 2 N–H and O–H groups in total. The molecule has 19 heavy (non-hydrogen) atoms. The molecule has 1 aromatic carbocycles. The first-order chi connectivity index (χ1) is 9.10. The van der Waals surface area contributed by atoms with E-state index in [0.29, 0.717) is 11.3 Å². The maximum atomic E-state index is 11.8. The second-order valence-corrected chi connectivity index (χ2v) is 4.87. The largest absolute Gasteiger partial charge is 0.457 e. The van der Waals surface area contributed by atoms with Crippen LogP contribution in [0.2, 0.25) is 0 Å². The number of halogens is 1. The topological polar surface area (TPSA) is 70.1 Å². The lowest BCUT2D eigenvalue weighted by molar-refractivity contribution is 0.0472. The lowest BCUT2D eigenvalue weighted by Crippen LogP contribution is -2.05. The van der Waals surface area contributed by atoms with Gasteiger partial charge in [0.05, 0.1) is 11.8 Å². The van der Waals surface area contributed by atoms with Gasteiger partial charge in [-0.3, -0.25) is 4.68 Å². The first-order valence-electron chi connectivity index (χ1n) is 5.83. The molecular formula is C13H14BrN3O2. The fourth-order valence-corrected chi connectivity index (χ4v) is 1.80. The molecule has 0 spiro atoms. The van der Waals surface area contributed by atoms with Crippen molar-refractivity contribution in [3.05, 3.63) is 46.2 Å². The predicted molar refractivity (Wildman–Crippen MR) is 75.6 cm³/mol. The van der Waals surface area contributed by atoms with Crippen LogP contribution in [0.4, 0.5) is 5.69 Å². The third kappa shape index (κ3) is 3.35. The van der Waals surface area contributed by atoms with Gasteiger partial charge in [-0.15, -0.1) is 0 Å². The fourth-order valence-electron chi connectivity index (χ4n) is 1.56. The Kier molecular flexibility index (Phi) is 4.21. The number of nitrogens with zero attached hydrogens (tertiary/aromatic N) is 2. The van der Waals surface area contributed by atoms with Gasteiger partial charge in [0.15, 0.2) is 0 Å². The van der Waals surface area contributed by atoms with Crippen molar-refractivity contribution < 1.29 is 9.53 Å². The van der Waals surface area contributed by atoms with Crippen LogP contribution >= 0.6 is 15.9 Å². The molecule has 0 radical (unpaired) electrons. The van der Waals surface area contributed by atoms with Crippen molar-refractivity contribution in [1.82, 2.24) is 9.78 Å². The molecule has 1 heterocycles. The van der Waals surface area contributed by atoms with Gasteiger partial charge >= 0.3 is 5.97 Å². The zero-order valence-electron chi connectivity index (χ0n) is 10.5. The summed E-state index contributed by atoms with van der Waals surface area (Å²) in [6.45, 7) is 2.99. The summed E-state index contributed by atoms with van der Waals surface area (Å²) in [6.07, 6.45) is 3.54. The van der Waals surface area contributed by atoms with E-state index in [1.165, 1.54) is 0 Å². The number of ether oxygens (including phenoxy) is 1. The van der Waals surface area contributed by atoms with Gasteiger partial charge in [0.1, 0.15) is 6.61 Å². The summed E-state index contributed by atoms with van der Waals surface area (Å²) < 4.78 is 7.74. The van der Waals surface area contributed by atoms with Gasteiger partial charge < -0.3 is 10.5 Å². The molecular weight excluding hydrogens is 310 g/mol.